The molecule has 0 unspecified atom stereocenters. The van der Waals surface area contributed by atoms with Crippen LogP contribution in [0.15, 0.2) is 18.7 Å². The molecule has 2 rings (SSSR count). The van der Waals surface area contributed by atoms with E-state index < -0.39 is 5.92 Å². The quantitative estimate of drug-likeness (QED) is 0.767. The molecule has 2 heterocycles. The van der Waals surface area contributed by atoms with E-state index in [1.807, 2.05) is 13.0 Å². The lowest BCUT2D eigenvalue weighted by Crippen LogP contribution is -2.25. The first kappa shape index (κ1) is 11.0. The molecule has 0 atom stereocenters. The van der Waals surface area contributed by atoms with Crippen molar-refractivity contribution in [3.8, 4) is 0 Å². The van der Waals surface area contributed by atoms with Gasteiger partial charge in [0, 0.05) is 18.7 Å². The first-order chi connectivity index (χ1) is 7.52. The van der Waals surface area contributed by atoms with Gasteiger partial charge in [-0.3, -0.25) is 0 Å². The van der Waals surface area contributed by atoms with Crippen molar-refractivity contribution in [2.45, 2.75) is 19.3 Å². The standard InChI is InChI=1S/C12H14F2N2/c1-3-10-4-5-11(15-9(10)2)16-7-6-12(13,14)8-16/h3-5H,1,6-8H2,2H3. The Morgan fingerprint density at radius 1 is 1.50 bits per heavy atom. The summed E-state index contributed by atoms with van der Waals surface area (Å²) in [4.78, 5) is 5.94. The molecule has 0 N–H and O–H groups in total. The maximum absolute atomic E-state index is 13.0. The van der Waals surface area contributed by atoms with Crippen molar-refractivity contribution in [2.75, 3.05) is 18.0 Å². The molecule has 1 aliphatic rings. The van der Waals surface area contributed by atoms with Crippen LogP contribution < -0.4 is 4.90 Å². The van der Waals surface area contributed by atoms with Gasteiger partial charge in [-0.2, -0.15) is 0 Å². The van der Waals surface area contributed by atoms with Crippen LogP contribution in [0, 0.1) is 6.92 Å². The molecule has 1 aromatic rings. The summed E-state index contributed by atoms with van der Waals surface area (Å²) in [5.74, 6) is -1.95. The van der Waals surface area contributed by atoms with E-state index in [4.69, 9.17) is 0 Å². The number of pyridine rings is 1. The van der Waals surface area contributed by atoms with E-state index in [1.54, 1.807) is 17.0 Å². The van der Waals surface area contributed by atoms with Gasteiger partial charge in [0.05, 0.1) is 6.54 Å². The van der Waals surface area contributed by atoms with Crippen LogP contribution in [0.4, 0.5) is 14.6 Å². The molecule has 86 valence electrons. The van der Waals surface area contributed by atoms with Crippen molar-refractivity contribution >= 4 is 11.9 Å². The zero-order valence-corrected chi connectivity index (χ0v) is 9.21. The number of aromatic nitrogens is 1. The molecule has 1 aliphatic heterocycles. The van der Waals surface area contributed by atoms with E-state index in [-0.39, 0.29) is 13.0 Å². The number of rotatable bonds is 2. The highest BCUT2D eigenvalue weighted by atomic mass is 19.3. The Bertz CT molecular complexity index is 415. The van der Waals surface area contributed by atoms with Crippen LogP contribution >= 0.6 is 0 Å². The number of anilines is 1. The number of hydrogen-bond acceptors (Lipinski definition) is 2. The van der Waals surface area contributed by atoms with E-state index in [9.17, 15) is 8.78 Å². The van der Waals surface area contributed by atoms with Crippen LogP contribution in [0.5, 0.6) is 0 Å². The highest BCUT2D eigenvalue weighted by Gasteiger charge is 2.38. The predicted octanol–water partition coefficient (Wildman–Crippen LogP) is 2.88. The molecule has 0 saturated carbocycles. The van der Waals surface area contributed by atoms with E-state index in [0.717, 1.165) is 11.3 Å². The van der Waals surface area contributed by atoms with Gasteiger partial charge in [0.25, 0.3) is 5.92 Å². The van der Waals surface area contributed by atoms with E-state index in [2.05, 4.69) is 11.6 Å². The van der Waals surface area contributed by atoms with Crippen molar-refractivity contribution in [1.29, 1.82) is 0 Å². The zero-order chi connectivity index (χ0) is 11.8. The molecule has 0 spiro atoms. The Hall–Kier alpha value is -1.45. The number of halogens is 2. The van der Waals surface area contributed by atoms with Gasteiger partial charge < -0.3 is 4.90 Å². The third-order valence-electron chi connectivity index (χ3n) is 2.83. The molecule has 1 saturated heterocycles. The SMILES string of the molecule is C=Cc1ccc(N2CCC(F)(F)C2)nc1C. The van der Waals surface area contributed by atoms with Gasteiger partial charge in [-0.15, -0.1) is 0 Å². The number of hydrogen-bond donors (Lipinski definition) is 0. The molecule has 0 aromatic carbocycles. The molecular formula is C12H14F2N2. The van der Waals surface area contributed by atoms with Crippen molar-refractivity contribution in [1.82, 2.24) is 4.98 Å². The van der Waals surface area contributed by atoms with Crippen LogP contribution in [0.2, 0.25) is 0 Å². The summed E-state index contributed by atoms with van der Waals surface area (Å²) in [6.07, 6.45) is 1.63. The summed E-state index contributed by atoms with van der Waals surface area (Å²) in [6.45, 7) is 5.66. The summed E-state index contributed by atoms with van der Waals surface area (Å²) in [6, 6.07) is 3.63. The fraction of sp³-hybridized carbons (Fsp3) is 0.417. The Morgan fingerprint density at radius 2 is 2.25 bits per heavy atom. The second kappa shape index (κ2) is 3.85. The second-order valence-electron chi connectivity index (χ2n) is 4.08. The minimum atomic E-state index is -2.58. The normalized spacial score (nSPS) is 18.8. The molecule has 1 fully saturated rings. The van der Waals surface area contributed by atoms with Crippen LogP contribution in [-0.4, -0.2) is 24.0 Å². The lowest BCUT2D eigenvalue weighted by molar-refractivity contribution is 0.0256. The van der Waals surface area contributed by atoms with E-state index in [1.165, 1.54) is 0 Å². The highest BCUT2D eigenvalue weighted by molar-refractivity contribution is 5.53. The molecule has 2 nitrogen and oxygen atoms in total. The fourth-order valence-corrected chi connectivity index (χ4v) is 1.88. The van der Waals surface area contributed by atoms with Gasteiger partial charge in [0.15, 0.2) is 0 Å². The van der Waals surface area contributed by atoms with Gasteiger partial charge in [-0.1, -0.05) is 12.7 Å². The molecule has 4 heteroatoms. The summed E-state index contributed by atoms with van der Waals surface area (Å²) >= 11 is 0. The Kier molecular flexibility index (Phi) is 2.66. The minimum Gasteiger partial charge on any atom is -0.350 e. The number of aryl methyl sites for hydroxylation is 1. The van der Waals surface area contributed by atoms with Gasteiger partial charge in [0.1, 0.15) is 5.82 Å². The molecule has 0 bridgehead atoms. The van der Waals surface area contributed by atoms with Crippen LogP contribution in [-0.2, 0) is 0 Å². The Labute approximate surface area is 93.6 Å². The van der Waals surface area contributed by atoms with Gasteiger partial charge in [-0.05, 0) is 24.6 Å². The maximum Gasteiger partial charge on any atom is 0.266 e. The average Bonchev–Trinajstić information content (AvgIpc) is 2.59. The zero-order valence-electron chi connectivity index (χ0n) is 9.21. The topological polar surface area (TPSA) is 16.1 Å². The summed E-state index contributed by atoms with van der Waals surface area (Å²) in [5.41, 5.74) is 1.76. The van der Waals surface area contributed by atoms with Crippen molar-refractivity contribution < 1.29 is 8.78 Å². The van der Waals surface area contributed by atoms with Crippen LogP contribution in [0.25, 0.3) is 6.08 Å². The van der Waals surface area contributed by atoms with E-state index in [0.29, 0.717) is 12.4 Å². The fourth-order valence-electron chi connectivity index (χ4n) is 1.88. The van der Waals surface area contributed by atoms with Gasteiger partial charge >= 0.3 is 0 Å². The molecule has 0 amide bonds. The number of alkyl halides is 2. The van der Waals surface area contributed by atoms with Gasteiger partial charge in [-0.25, -0.2) is 13.8 Å². The van der Waals surface area contributed by atoms with E-state index >= 15 is 0 Å². The van der Waals surface area contributed by atoms with Crippen molar-refractivity contribution in [3.05, 3.63) is 30.0 Å². The molecule has 16 heavy (non-hydrogen) atoms. The maximum atomic E-state index is 13.0. The highest BCUT2D eigenvalue weighted by Crippen LogP contribution is 2.30. The Balaban J connectivity index is 2.23. The average molecular weight is 224 g/mol. The largest absolute Gasteiger partial charge is 0.350 e. The second-order valence-corrected chi connectivity index (χ2v) is 4.08. The Morgan fingerprint density at radius 3 is 2.75 bits per heavy atom. The smallest absolute Gasteiger partial charge is 0.266 e. The molecule has 1 aromatic heterocycles. The summed E-state index contributed by atoms with van der Waals surface area (Å²) in [7, 11) is 0. The lowest BCUT2D eigenvalue weighted by Gasteiger charge is -2.17. The van der Waals surface area contributed by atoms with Crippen molar-refractivity contribution in [3.63, 3.8) is 0 Å². The summed E-state index contributed by atoms with van der Waals surface area (Å²) < 4.78 is 26.1. The van der Waals surface area contributed by atoms with Gasteiger partial charge in [0.2, 0.25) is 0 Å². The third-order valence-corrected chi connectivity index (χ3v) is 2.83. The molecule has 0 radical (unpaired) electrons. The third kappa shape index (κ3) is 2.05. The monoisotopic (exact) mass is 224 g/mol. The number of nitrogens with zero attached hydrogens (tertiary/aromatic N) is 2. The molecular weight excluding hydrogens is 210 g/mol. The lowest BCUT2D eigenvalue weighted by atomic mass is 10.2. The van der Waals surface area contributed by atoms with Crippen molar-refractivity contribution in [2.24, 2.45) is 0 Å². The molecule has 0 aliphatic carbocycles. The minimum absolute atomic E-state index is 0.0864. The summed E-state index contributed by atoms with van der Waals surface area (Å²) in [5, 5.41) is 0. The first-order valence-electron chi connectivity index (χ1n) is 5.25. The van der Waals surface area contributed by atoms with Crippen LogP contribution in [0.1, 0.15) is 17.7 Å². The first-order valence-corrected chi connectivity index (χ1v) is 5.25. The van der Waals surface area contributed by atoms with Crippen LogP contribution in [0.3, 0.4) is 0 Å². The predicted molar refractivity (Wildman–Crippen MR) is 60.8 cm³/mol.